The van der Waals surface area contributed by atoms with Gasteiger partial charge in [0.1, 0.15) is 0 Å². The fourth-order valence-electron chi connectivity index (χ4n) is 4.04. The normalized spacial score (nSPS) is 10.7. The summed E-state index contributed by atoms with van der Waals surface area (Å²) in [7, 11) is 0. The van der Waals surface area contributed by atoms with E-state index in [2.05, 4.69) is 10.6 Å². The van der Waals surface area contributed by atoms with Crippen LogP contribution in [0.1, 0.15) is 0 Å². The van der Waals surface area contributed by atoms with Gasteiger partial charge in [-0.3, -0.25) is 0 Å². The van der Waals surface area contributed by atoms with Crippen LogP contribution in [0.15, 0.2) is 109 Å². The molecule has 0 radical (unpaired) electrons. The van der Waals surface area contributed by atoms with E-state index >= 15 is 0 Å². The molecular formula is C30H28N6. The molecule has 6 heteroatoms. The Hall–Kier alpha value is -5.10. The molecule has 36 heavy (non-hydrogen) atoms. The van der Waals surface area contributed by atoms with Crippen LogP contribution in [-0.4, -0.2) is 0 Å². The molecule has 0 amide bonds. The van der Waals surface area contributed by atoms with Crippen LogP contribution in [0.4, 0.5) is 45.5 Å². The molecule has 0 aliphatic heterocycles. The van der Waals surface area contributed by atoms with E-state index in [4.69, 9.17) is 22.9 Å². The number of nitrogen functional groups attached to an aromatic ring is 4. The Morgan fingerprint density at radius 2 is 0.889 bits per heavy atom. The Labute approximate surface area is 210 Å². The van der Waals surface area contributed by atoms with E-state index in [9.17, 15) is 0 Å². The first-order valence-electron chi connectivity index (χ1n) is 11.6. The molecule has 178 valence electrons. The molecule has 0 saturated carbocycles. The van der Waals surface area contributed by atoms with Gasteiger partial charge in [0, 0.05) is 22.7 Å². The summed E-state index contributed by atoms with van der Waals surface area (Å²) in [5, 5.41) is 6.85. The van der Waals surface area contributed by atoms with Crippen LogP contribution < -0.4 is 33.6 Å². The van der Waals surface area contributed by atoms with Crippen LogP contribution in [0.5, 0.6) is 0 Å². The smallest absolute Gasteiger partial charge is 0.0624 e. The minimum absolute atomic E-state index is 0.656. The Morgan fingerprint density at radius 3 is 1.47 bits per heavy atom. The number of hydrogen-bond donors (Lipinski definition) is 6. The minimum atomic E-state index is 0.656. The molecule has 5 rings (SSSR count). The van der Waals surface area contributed by atoms with Gasteiger partial charge in [-0.1, -0.05) is 42.5 Å². The Balaban J connectivity index is 1.35. The average Bonchev–Trinajstić information content (AvgIpc) is 2.88. The van der Waals surface area contributed by atoms with E-state index in [1.165, 1.54) is 0 Å². The van der Waals surface area contributed by atoms with Crippen molar-refractivity contribution in [3.8, 4) is 22.3 Å². The highest BCUT2D eigenvalue weighted by molar-refractivity contribution is 5.82. The fourth-order valence-corrected chi connectivity index (χ4v) is 4.04. The van der Waals surface area contributed by atoms with Gasteiger partial charge < -0.3 is 33.6 Å². The molecule has 0 fully saturated rings. The minimum Gasteiger partial charge on any atom is -0.399 e. The molecular weight excluding hydrogens is 444 g/mol. The van der Waals surface area contributed by atoms with Crippen molar-refractivity contribution in [1.82, 2.24) is 0 Å². The first-order valence-corrected chi connectivity index (χ1v) is 11.6. The fraction of sp³-hybridized carbons (Fsp3) is 0. The van der Waals surface area contributed by atoms with Gasteiger partial charge in [-0.25, -0.2) is 0 Å². The molecule has 6 nitrogen and oxygen atoms in total. The predicted octanol–water partition coefficient (Wildman–Crippen LogP) is 6.84. The summed E-state index contributed by atoms with van der Waals surface area (Å²) in [6.45, 7) is 0. The summed E-state index contributed by atoms with van der Waals surface area (Å²) >= 11 is 0. The highest BCUT2D eigenvalue weighted by Gasteiger charge is 2.07. The molecule has 0 unspecified atom stereocenters. The van der Waals surface area contributed by atoms with Gasteiger partial charge >= 0.3 is 0 Å². The van der Waals surface area contributed by atoms with Crippen LogP contribution in [0, 0.1) is 0 Å². The van der Waals surface area contributed by atoms with Crippen molar-refractivity contribution in [3.05, 3.63) is 109 Å². The molecule has 0 aliphatic rings. The molecule has 0 heterocycles. The molecule has 5 aromatic rings. The van der Waals surface area contributed by atoms with E-state index < -0.39 is 0 Å². The largest absolute Gasteiger partial charge is 0.399 e. The van der Waals surface area contributed by atoms with Crippen molar-refractivity contribution in [2.75, 3.05) is 33.6 Å². The van der Waals surface area contributed by atoms with Crippen LogP contribution >= 0.6 is 0 Å². The van der Waals surface area contributed by atoms with Crippen LogP contribution in [-0.2, 0) is 0 Å². The van der Waals surface area contributed by atoms with E-state index in [0.717, 1.165) is 56.4 Å². The van der Waals surface area contributed by atoms with Gasteiger partial charge in [0.25, 0.3) is 0 Å². The lowest BCUT2D eigenvalue weighted by Gasteiger charge is -2.15. The molecule has 10 N–H and O–H groups in total. The SMILES string of the molecule is Nc1ccc(-c2ccc(Nc3cccc(Nc4cc(-c5ccc(N)cc5)ccc4N)c3)c(N)c2)cc1. The van der Waals surface area contributed by atoms with E-state index in [-0.39, 0.29) is 0 Å². The van der Waals surface area contributed by atoms with Crippen molar-refractivity contribution in [2.24, 2.45) is 0 Å². The maximum Gasteiger partial charge on any atom is 0.0624 e. The zero-order chi connectivity index (χ0) is 25.1. The third-order valence-corrected chi connectivity index (χ3v) is 6.01. The van der Waals surface area contributed by atoms with Crippen molar-refractivity contribution in [1.29, 1.82) is 0 Å². The standard InChI is InChI=1S/C30H28N6/c31-23-10-4-19(5-11-23)21-9-15-29(28(34)16-21)35-25-2-1-3-26(18-25)36-30-17-22(8-14-27(30)33)20-6-12-24(32)13-7-20/h1-18,35-36H,31-34H2. The Morgan fingerprint density at radius 1 is 0.389 bits per heavy atom. The highest BCUT2D eigenvalue weighted by atomic mass is 14.9. The van der Waals surface area contributed by atoms with Crippen molar-refractivity contribution in [2.45, 2.75) is 0 Å². The van der Waals surface area contributed by atoms with Crippen molar-refractivity contribution >= 4 is 45.5 Å². The molecule has 0 atom stereocenters. The maximum absolute atomic E-state index is 6.37. The van der Waals surface area contributed by atoms with Crippen LogP contribution in [0.25, 0.3) is 22.3 Å². The monoisotopic (exact) mass is 472 g/mol. The van der Waals surface area contributed by atoms with Gasteiger partial charge in [-0.05, 0) is 89.0 Å². The second kappa shape index (κ2) is 9.64. The quantitative estimate of drug-likeness (QED) is 0.150. The molecule has 0 bridgehead atoms. The molecule has 5 aromatic carbocycles. The highest BCUT2D eigenvalue weighted by Crippen LogP contribution is 2.33. The van der Waals surface area contributed by atoms with Gasteiger partial charge in [0.15, 0.2) is 0 Å². The number of benzene rings is 5. The first kappa shape index (κ1) is 22.7. The number of nitrogens with two attached hydrogens (primary N) is 4. The lowest BCUT2D eigenvalue weighted by atomic mass is 10.0. The molecule has 0 saturated heterocycles. The van der Waals surface area contributed by atoms with Gasteiger partial charge in [-0.15, -0.1) is 0 Å². The van der Waals surface area contributed by atoms with Crippen molar-refractivity contribution < 1.29 is 0 Å². The average molecular weight is 473 g/mol. The van der Waals surface area contributed by atoms with Crippen LogP contribution in [0.3, 0.4) is 0 Å². The van der Waals surface area contributed by atoms with E-state index in [0.29, 0.717) is 11.4 Å². The zero-order valence-corrected chi connectivity index (χ0v) is 19.7. The van der Waals surface area contributed by atoms with E-state index in [1.807, 2.05) is 109 Å². The lowest BCUT2D eigenvalue weighted by molar-refractivity contribution is 1.50. The van der Waals surface area contributed by atoms with Gasteiger partial charge in [0.2, 0.25) is 0 Å². The zero-order valence-electron chi connectivity index (χ0n) is 19.7. The number of anilines is 8. The second-order valence-electron chi connectivity index (χ2n) is 8.68. The number of nitrogens with one attached hydrogen (secondary N) is 2. The van der Waals surface area contributed by atoms with Gasteiger partial charge in [-0.2, -0.15) is 0 Å². The number of rotatable bonds is 6. The van der Waals surface area contributed by atoms with E-state index in [1.54, 1.807) is 0 Å². The summed E-state index contributed by atoms with van der Waals surface area (Å²) in [6.07, 6.45) is 0. The summed E-state index contributed by atoms with van der Waals surface area (Å²) in [6, 6.07) is 35.4. The summed E-state index contributed by atoms with van der Waals surface area (Å²) in [5.41, 5.74) is 34.7. The lowest BCUT2D eigenvalue weighted by Crippen LogP contribution is -1.99. The van der Waals surface area contributed by atoms with Crippen LogP contribution in [0.2, 0.25) is 0 Å². The Kier molecular flexibility index (Phi) is 6.07. The second-order valence-corrected chi connectivity index (χ2v) is 8.68. The Bertz CT molecular complexity index is 1510. The summed E-state index contributed by atoms with van der Waals surface area (Å²) < 4.78 is 0. The summed E-state index contributed by atoms with van der Waals surface area (Å²) in [4.78, 5) is 0. The molecule has 0 aliphatic carbocycles. The van der Waals surface area contributed by atoms with Gasteiger partial charge in [0.05, 0.1) is 22.7 Å². The van der Waals surface area contributed by atoms with Crippen molar-refractivity contribution in [3.63, 3.8) is 0 Å². The third kappa shape index (κ3) is 5.03. The first-order chi connectivity index (χ1) is 17.4. The summed E-state index contributed by atoms with van der Waals surface area (Å²) in [5.74, 6) is 0. The topological polar surface area (TPSA) is 128 Å². The predicted molar refractivity (Wildman–Crippen MR) is 154 cm³/mol. The maximum atomic E-state index is 6.37. The molecule has 0 spiro atoms. The third-order valence-electron chi connectivity index (χ3n) is 6.01. The number of hydrogen-bond acceptors (Lipinski definition) is 6. The molecule has 0 aromatic heterocycles.